The smallest absolute Gasteiger partial charge is 0.318 e. The van der Waals surface area contributed by atoms with Gasteiger partial charge in [-0.05, 0) is 83.9 Å². The van der Waals surface area contributed by atoms with Crippen molar-refractivity contribution < 1.29 is 18.8 Å². The fraction of sp³-hybridized carbons (Fsp3) is 0.719. The Kier molecular flexibility index (Phi) is 9.98. The Morgan fingerprint density at radius 3 is 2.12 bits per heavy atom. The highest BCUT2D eigenvalue weighted by Crippen LogP contribution is 2.46. The van der Waals surface area contributed by atoms with E-state index in [2.05, 4.69) is 16.0 Å². The molecule has 2 unspecified atom stereocenters. The van der Waals surface area contributed by atoms with E-state index in [4.69, 9.17) is 0 Å². The predicted octanol–water partition coefficient (Wildman–Crippen LogP) is 4.23. The Balaban J connectivity index is 1.50. The topological polar surface area (TPSA) is 93.8 Å². The van der Waals surface area contributed by atoms with Crippen molar-refractivity contribution in [3.63, 3.8) is 0 Å². The quantitative estimate of drug-likeness (QED) is 0.477. The van der Waals surface area contributed by atoms with Gasteiger partial charge in [-0.2, -0.15) is 0 Å². The summed E-state index contributed by atoms with van der Waals surface area (Å²) in [6.45, 7) is 12.2. The van der Waals surface area contributed by atoms with Crippen molar-refractivity contribution >= 4 is 17.8 Å². The molecule has 0 bridgehead atoms. The highest BCUT2D eigenvalue weighted by Gasteiger charge is 2.49. The van der Waals surface area contributed by atoms with Crippen LogP contribution in [0, 0.1) is 17.2 Å². The number of hydrogen-bond donors (Lipinski definition) is 3. The molecular weight excluding hydrogens is 521 g/mol. The van der Waals surface area contributed by atoms with Gasteiger partial charge in [0.15, 0.2) is 0 Å². The first-order chi connectivity index (χ1) is 19.4. The van der Waals surface area contributed by atoms with Crippen LogP contribution in [0.3, 0.4) is 0 Å². The predicted molar refractivity (Wildman–Crippen MR) is 159 cm³/mol. The molecule has 228 valence electrons. The fourth-order valence-corrected chi connectivity index (χ4v) is 7.08. The zero-order valence-corrected chi connectivity index (χ0v) is 25.6. The summed E-state index contributed by atoms with van der Waals surface area (Å²) in [7, 11) is 0. The van der Waals surface area contributed by atoms with Crippen molar-refractivity contribution in [2.75, 3.05) is 26.2 Å². The molecule has 4 amide bonds. The molecular formula is C32H50FN5O3. The third kappa shape index (κ3) is 7.99. The molecule has 1 saturated carbocycles. The second-order valence-corrected chi connectivity index (χ2v) is 13.7. The lowest BCUT2D eigenvalue weighted by Crippen LogP contribution is -2.61. The normalized spacial score (nSPS) is 24.4. The Bertz CT molecular complexity index is 1050. The molecule has 9 heteroatoms. The zero-order chi connectivity index (χ0) is 29.8. The van der Waals surface area contributed by atoms with Crippen LogP contribution in [0.25, 0.3) is 0 Å². The molecule has 3 atom stereocenters. The molecule has 1 aromatic rings. The number of piperazine rings is 1. The molecule has 0 radical (unpaired) electrons. The van der Waals surface area contributed by atoms with E-state index in [-0.39, 0.29) is 47.7 Å². The first-order valence-electron chi connectivity index (χ1n) is 15.5. The van der Waals surface area contributed by atoms with Crippen LogP contribution < -0.4 is 16.0 Å². The number of piperidine rings is 1. The molecule has 41 heavy (non-hydrogen) atoms. The number of nitrogens with one attached hydrogen (secondary N) is 3. The van der Waals surface area contributed by atoms with Gasteiger partial charge in [0.25, 0.3) is 0 Å². The molecule has 2 aliphatic heterocycles. The SMILES string of the molecule is CC1CN(C(=O)N[C@H](Cc2ccc(F)cc2)C(=O)N2CCC(C(=O)NC(C)(C)C)(C3CCCCC3)CC2)CC(C)N1. The number of halogens is 1. The summed E-state index contributed by atoms with van der Waals surface area (Å²) in [5.74, 6) is -0.0511. The first-order valence-corrected chi connectivity index (χ1v) is 15.5. The molecule has 2 saturated heterocycles. The standard InChI is InChI=1S/C32H50FN5O3/c1-22-20-38(21-23(2)34-22)30(41)35-27(19-24-11-13-26(33)14-12-24)28(39)37-17-15-32(16-18-37,25-9-7-6-8-10-25)29(40)36-31(3,4)5/h11-14,22-23,25,27,34H,6-10,15-21H2,1-5H3,(H,35,41)(H,36,40)/t22?,23?,27-/m1/s1. The largest absolute Gasteiger partial charge is 0.351 e. The third-order valence-corrected chi connectivity index (χ3v) is 9.09. The molecule has 0 aromatic heterocycles. The Labute approximate surface area is 245 Å². The Morgan fingerprint density at radius 2 is 1.56 bits per heavy atom. The third-order valence-electron chi connectivity index (χ3n) is 9.09. The number of amides is 4. The summed E-state index contributed by atoms with van der Waals surface area (Å²) in [6, 6.07) is 5.37. The van der Waals surface area contributed by atoms with Gasteiger partial charge < -0.3 is 25.8 Å². The van der Waals surface area contributed by atoms with Gasteiger partial charge in [-0.1, -0.05) is 31.4 Å². The number of rotatable bonds is 6. The van der Waals surface area contributed by atoms with Crippen molar-refractivity contribution in [2.24, 2.45) is 11.3 Å². The number of carbonyl (C=O) groups excluding carboxylic acids is 3. The van der Waals surface area contributed by atoms with E-state index in [9.17, 15) is 18.8 Å². The summed E-state index contributed by atoms with van der Waals surface area (Å²) in [4.78, 5) is 44.7. The van der Waals surface area contributed by atoms with Crippen LogP contribution in [0.15, 0.2) is 24.3 Å². The molecule has 3 fully saturated rings. The molecule has 4 rings (SSSR count). The molecule has 3 aliphatic rings. The average Bonchev–Trinajstić information content (AvgIpc) is 2.92. The van der Waals surface area contributed by atoms with E-state index in [1.807, 2.05) is 39.5 Å². The van der Waals surface area contributed by atoms with E-state index < -0.39 is 11.5 Å². The van der Waals surface area contributed by atoms with Crippen molar-refractivity contribution in [1.29, 1.82) is 0 Å². The van der Waals surface area contributed by atoms with Crippen molar-refractivity contribution in [3.8, 4) is 0 Å². The van der Waals surface area contributed by atoms with Gasteiger partial charge in [0, 0.05) is 50.2 Å². The number of likely N-dealkylation sites (tertiary alicyclic amines) is 1. The summed E-state index contributed by atoms with van der Waals surface area (Å²) in [5, 5.41) is 9.71. The minimum absolute atomic E-state index is 0.113. The summed E-state index contributed by atoms with van der Waals surface area (Å²) in [5.41, 5.74) is -0.0205. The molecule has 8 nitrogen and oxygen atoms in total. The second-order valence-electron chi connectivity index (χ2n) is 13.7. The van der Waals surface area contributed by atoms with Crippen LogP contribution in [-0.4, -0.2) is 77.5 Å². The van der Waals surface area contributed by atoms with E-state index in [0.29, 0.717) is 44.9 Å². The second kappa shape index (κ2) is 13.1. The molecule has 0 spiro atoms. The average molecular weight is 572 g/mol. The van der Waals surface area contributed by atoms with Crippen molar-refractivity contribution in [3.05, 3.63) is 35.6 Å². The highest BCUT2D eigenvalue weighted by atomic mass is 19.1. The van der Waals surface area contributed by atoms with Gasteiger partial charge >= 0.3 is 6.03 Å². The van der Waals surface area contributed by atoms with Gasteiger partial charge in [-0.3, -0.25) is 9.59 Å². The van der Waals surface area contributed by atoms with Crippen LogP contribution in [0.5, 0.6) is 0 Å². The van der Waals surface area contributed by atoms with E-state index in [0.717, 1.165) is 31.2 Å². The van der Waals surface area contributed by atoms with Crippen molar-refractivity contribution in [1.82, 2.24) is 25.8 Å². The maximum Gasteiger partial charge on any atom is 0.318 e. The minimum atomic E-state index is -0.779. The molecule has 2 heterocycles. The number of carbonyl (C=O) groups is 3. The number of urea groups is 1. The van der Waals surface area contributed by atoms with Crippen LogP contribution in [0.2, 0.25) is 0 Å². The van der Waals surface area contributed by atoms with E-state index >= 15 is 0 Å². The first kappa shape index (κ1) is 31.3. The lowest BCUT2D eigenvalue weighted by atomic mass is 9.63. The van der Waals surface area contributed by atoms with E-state index in [1.165, 1.54) is 18.6 Å². The van der Waals surface area contributed by atoms with Gasteiger partial charge in [-0.15, -0.1) is 0 Å². The van der Waals surface area contributed by atoms with Gasteiger partial charge in [0.1, 0.15) is 11.9 Å². The lowest BCUT2D eigenvalue weighted by molar-refractivity contribution is -0.147. The minimum Gasteiger partial charge on any atom is -0.351 e. The van der Waals surface area contributed by atoms with Crippen LogP contribution in [-0.2, 0) is 16.0 Å². The van der Waals surface area contributed by atoms with Gasteiger partial charge in [0.05, 0.1) is 5.41 Å². The number of nitrogens with zero attached hydrogens (tertiary/aromatic N) is 2. The highest BCUT2D eigenvalue weighted by molar-refractivity contribution is 5.88. The molecule has 1 aliphatic carbocycles. The Morgan fingerprint density at radius 1 is 0.976 bits per heavy atom. The number of benzene rings is 1. The van der Waals surface area contributed by atoms with Gasteiger partial charge in [-0.25, -0.2) is 9.18 Å². The maximum atomic E-state index is 14.0. The van der Waals surface area contributed by atoms with Gasteiger partial charge in [0.2, 0.25) is 11.8 Å². The maximum absolute atomic E-state index is 14.0. The fourth-order valence-electron chi connectivity index (χ4n) is 7.08. The zero-order valence-electron chi connectivity index (χ0n) is 25.6. The molecule has 3 N–H and O–H groups in total. The summed E-state index contributed by atoms with van der Waals surface area (Å²) < 4.78 is 13.6. The summed E-state index contributed by atoms with van der Waals surface area (Å²) >= 11 is 0. The van der Waals surface area contributed by atoms with E-state index in [1.54, 1.807) is 17.0 Å². The van der Waals surface area contributed by atoms with Crippen LogP contribution in [0.4, 0.5) is 9.18 Å². The van der Waals surface area contributed by atoms with Crippen LogP contribution in [0.1, 0.15) is 85.1 Å². The molecule has 1 aromatic carbocycles. The van der Waals surface area contributed by atoms with Crippen molar-refractivity contribution in [2.45, 2.75) is 110 Å². The summed E-state index contributed by atoms with van der Waals surface area (Å²) in [6.07, 6.45) is 7.13. The number of hydrogen-bond acceptors (Lipinski definition) is 4. The lowest BCUT2D eigenvalue weighted by Gasteiger charge is -2.48. The van der Waals surface area contributed by atoms with Crippen LogP contribution >= 0.6 is 0 Å². The monoisotopic (exact) mass is 571 g/mol. The Hall–Kier alpha value is -2.68.